The maximum Gasteiger partial charge on any atom is 0.303 e. The minimum atomic E-state index is -0.851. The van der Waals surface area contributed by atoms with E-state index in [9.17, 15) is 9.59 Å². The lowest BCUT2D eigenvalue weighted by Crippen LogP contribution is -2.30. The number of rotatable bonds is 12. The van der Waals surface area contributed by atoms with Crippen LogP contribution in [0.15, 0.2) is 60.7 Å². The van der Waals surface area contributed by atoms with E-state index < -0.39 is 5.97 Å². The zero-order valence-electron chi connectivity index (χ0n) is 22.3. The van der Waals surface area contributed by atoms with Crippen molar-refractivity contribution in [1.29, 1.82) is 0 Å². The highest BCUT2D eigenvalue weighted by Crippen LogP contribution is 2.29. The van der Waals surface area contributed by atoms with Crippen molar-refractivity contribution < 1.29 is 24.2 Å². The molecule has 6 nitrogen and oxygen atoms in total. The van der Waals surface area contributed by atoms with Gasteiger partial charge in [-0.2, -0.15) is 0 Å². The van der Waals surface area contributed by atoms with Crippen molar-refractivity contribution in [3.05, 3.63) is 88.5 Å². The molecule has 0 heterocycles. The molecule has 0 aliphatic rings. The predicted octanol–water partition coefficient (Wildman–Crippen LogP) is 7.03. The SMILES string of the molecule is COc1cccc(Oc2ccc(CCCC(=O)O)c(C(=O)N[C@H](CC(C)C)c3cc(C)cc(C)c3)c2)c1. The van der Waals surface area contributed by atoms with Crippen molar-refractivity contribution in [2.45, 2.75) is 59.4 Å². The van der Waals surface area contributed by atoms with E-state index in [0.717, 1.165) is 28.7 Å². The molecule has 0 saturated heterocycles. The van der Waals surface area contributed by atoms with Crippen LogP contribution in [0.3, 0.4) is 0 Å². The number of nitrogens with one attached hydrogen (secondary N) is 1. The topological polar surface area (TPSA) is 84.9 Å². The molecule has 3 rings (SSSR count). The molecule has 0 aromatic heterocycles. The molecule has 0 aliphatic heterocycles. The van der Waals surface area contributed by atoms with Crippen LogP contribution < -0.4 is 14.8 Å². The van der Waals surface area contributed by atoms with E-state index >= 15 is 0 Å². The number of hydrogen-bond donors (Lipinski definition) is 2. The Balaban J connectivity index is 1.93. The van der Waals surface area contributed by atoms with Crippen molar-refractivity contribution in [3.63, 3.8) is 0 Å². The largest absolute Gasteiger partial charge is 0.497 e. The monoisotopic (exact) mass is 503 g/mol. The predicted molar refractivity (Wildman–Crippen MR) is 146 cm³/mol. The number of aliphatic carboxylic acids is 1. The molecule has 1 amide bonds. The summed E-state index contributed by atoms with van der Waals surface area (Å²) in [5.74, 6) is 1.11. The molecule has 0 unspecified atom stereocenters. The van der Waals surface area contributed by atoms with E-state index in [1.807, 2.05) is 30.3 Å². The fourth-order valence-electron chi connectivity index (χ4n) is 4.48. The summed E-state index contributed by atoms with van der Waals surface area (Å²) in [5.41, 5.74) is 4.67. The van der Waals surface area contributed by atoms with Gasteiger partial charge in [0.05, 0.1) is 13.2 Å². The van der Waals surface area contributed by atoms with Gasteiger partial charge in [0.15, 0.2) is 0 Å². The second-order valence-corrected chi connectivity index (χ2v) is 9.92. The number of aryl methyl sites for hydroxylation is 3. The van der Waals surface area contributed by atoms with Gasteiger partial charge >= 0.3 is 5.97 Å². The number of benzene rings is 3. The third kappa shape index (κ3) is 8.38. The van der Waals surface area contributed by atoms with Crippen molar-refractivity contribution >= 4 is 11.9 Å². The summed E-state index contributed by atoms with van der Waals surface area (Å²) in [7, 11) is 1.59. The second kappa shape index (κ2) is 12.9. The molecule has 3 aromatic rings. The quantitative estimate of drug-likeness (QED) is 0.277. The van der Waals surface area contributed by atoms with Crippen LogP contribution in [0.4, 0.5) is 0 Å². The van der Waals surface area contributed by atoms with Crippen molar-refractivity contribution in [2.75, 3.05) is 7.11 Å². The first-order valence-electron chi connectivity index (χ1n) is 12.7. The van der Waals surface area contributed by atoms with E-state index in [2.05, 4.69) is 51.2 Å². The van der Waals surface area contributed by atoms with Gasteiger partial charge in [0, 0.05) is 18.1 Å². The maximum atomic E-state index is 13.7. The average Bonchev–Trinajstić information content (AvgIpc) is 2.83. The minimum Gasteiger partial charge on any atom is -0.497 e. The second-order valence-electron chi connectivity index (χ2n) is 9.92. The summed E-state index contributed by atoms with van der Waals surface area (Å²) >= 11 is 0. The lowest BCUT2D eigenvalue weighted by atomic mass is 9.93. The Bertz CT molecular complexity index is 1210. The highest BCUT2D eigenvalue weighted by Gasteiger charge is 2.21. The zero-order valence-corrected chi connectivity index (χ0v) is 22.3. The van der Waals surface area contributed by atoms with Gasteiger partial charge in [-0.1, -0.05) is 55.3 Å². The zero-order chi connectivity index (χ0) is 26.9. The molecule has 3 aromatic carbocycles. The number of ether oxygens (including phenoxy) is 2. The normalized spacial score (nSPS) is 11.7. The molecule has 0 aliphatic carbocycles. The molecule has 0 fully saturated rings. The number of carboxylic acids is 1. The third-order valence-electron chi connectivity index (χ3n) is 6.10. The summed E-state index contributed by atoms with van der Waals surface area (Å²) in [6, 6.07) is 18.9. The Kier molecular flexibility index (Phi) is 9.72. The van der Waals surface area contributed by atoms with Gasteiger partial charge in [0.1, 0.15) is 17.2 Å². The number of amides is 1. The van der Waals surface area contributed by atoms with Gasteiger partial charge in [0.25, 0.3) is 5.91 Å². The number of hydrogen-bond acceptors (Lipinski definition) is 4. The van der Waals surface area contributed by atoms with E-state index in [4.69, 9.17) is 14.6 Å². The van der Waals surface area contributed by atoms with Gasteiger partial charge in [0.2, 0.25) is 0 Å². The molecular weight excluding hydrogens is 466 g/mol. The number of methoxy groups -OCH3 is 1. The summed E-state index contributed by atoms with van der Waals surface area (Å²) in [4.78, 5) is 24.8. The van der Waals surface area contributed by atoms with Crippen molar-refractivity contribution in [1.82, 2.24) is 5.32 Å². The molecule has 0 spiro atoms. The Labute approximate surface area is 219 Å². The summed E-state index contributed by atoms with van der Waals surface area (Å²) in [5, 5.41) is 12.3. The molecule has 0 radical (unpaired) electrons. The summed E-state index contributed by atoms with van der Waals surface area (Å²) in [6.45, 7) is 8.40. The fraction of sp³-hybridized carbons (Fsp3) is 0.355. The Morgan fingerprint density at radius 1 is 0.919 bits per heavy atom. The Morgan fingerprint density at radius 3 is 2.24 bits per heavy atom. The van der Waals surface area contributed by atoms with Crippen LogP contribution in [0.2, 0.25) is 0 Å². The molecular formula is C31H37NO5. The van der Waals surface area contributed by atoms with Crippen LogP contribution in [0.25, 0.3) is 0 Å². The van der Waals surface area contributed by atoms with E-state index in [-0.39, 0.29) is 18.4 Å². The highest BCUT2D eigenvalue weighted by molar-refractivity contribution is 5.96. The first-order valence-corrected chi connectivity index (χ1v) is 12.7. The molecule has 1 atom stereocenters. The highest BCUT2D eigenvalue weighted by atomic mass is 16.5. The van der Waals surface area contributed by atoms with Crippen LogP contribution in [0.1, 0.15) is 71.8 Å². The third-order valence-corrected chi connectivity index (χ3v) is 6.10. The fourth-order valence-corrected chi connectivity index (χ4v) is 4.48. The van der Waals surface area contributed by atoms with E-state index in [1.54, 1.807) is 19.2 Å². The first-order chi connectivity index (χ1) is 17.6. The number of carbonyl (C=O) groups is 2. The summed E-state index contributed by atoms with van der Waals surface area (Å²) < 4.78 is 11.3. The molecule has 6 heteroatoms. The van der Waals surface area contributed by atoms with Gasteiger partial charge < -0.3 is 19.9 Å². The molecule has 2 N–H and O–H groups in total. The average molecular weight is 504 g/mol. The smallest absolute Gasteiger partial charge is 0.303 e. The van der Waals surface area contributed by atoms with Gasteiger partial charge in [-0.05, 0) is 74.4 Å². The van der Waals surface area contributed by atoms with Crippen LogP contribution in [0, 0.1) is 19.8 Å². The molecule has 37 heavy (non-hydrogen) atoms. The Morgan fingerprint density at radius 2 is 1.59 bits per heavy atom. The Hall–Kier alpha value is -3.80. The maximum absolute atomic E-state index is 13.7. The van der Waals surface area contributed by atoms with Gasteiger partial charge in [-0.25, -0.2) is 0 Å². The lowest BCUT2D eigenvalue weighted by Gasteiger charge is -2.23. The van der Waals surface area contributed by atoms with Gasteiger partial charge in [-0.15, -0.1) is 0 Å². The molecule has 0 bridgehead atoms. The van der Waals surface area contributed by atoms with Crippen LogP contribution >= 0.6 is 0 Å². The van der Waals surface area contributed by atoms with E-state index in [1.165, 1.54) is 0 Å². The van der Waals surface area contributed by atoms with Crippen LogP contribution in [-0.4, -0.2) is 24.1 Å². The first kappa shape index (κ1) is 27.8. The standard InChI is InChI=1S/C31H37NO5/c1-20(2)14-29(24-16-21(3)15-22(4)17-24)32-31(35)28-19-27(13-12-23(28)8-6-11-30(33)34)37-26-10-7-9-25(18-26)36-5/h7,9-10,12-13,15-20,29H,6,8,11,14H2,1-5H3,(H,32,35)(H,33,34)/t29-/m1/s1. The van der Waals surface area contributed by atoms with E-state index in [0.29, 0.717) is 41.6 Å². The minimum absolute atomic E-state index is 0.0433. The van der Waals surface area contributed by atoms with Crippen LogP contribution in [0.5, 0.6) is 17.2 Å². The molecule has 196 valence electrons. The summed E-state index contributed by atoms with van der Waals surface area (Å²) in [6.07, 6.45) is 1.76. The number of carboxylic acid groups (broad SMARTS) is 1. The van der Waals surface area contributed by atoms with Gasteiger partial charge in [-0.3, -0.25) is 9.59 Å². The lowest BCUT2D eigenvalue weighted by molar-refractivity contribution is -0.137. The molecule has 0 saturated carbocycles. The van der Waals surface area contributed by atoms with Crippen LogP contribution in [-0.2, 0) is 11.2 Å². The van der Waals surface area contributed by atoms with Crippen molar-refractivity contribution in [3.8, 4) is 17.2 Å². The van der Waals surface area contributed by atoms with Crippen molar-refractivity contribution in [2.24, 2.45) is 5.92 Å². The number of carbonyl (C=O) groups excluding carboxylic acids is 1.